The third-order valence-electron chi connectivity index (χ3n) is 4.79. The normalized spacial score (nSPS) is 23.8. The number of nitrogens with zero attached hydrogens (tertiary/aromatic N) is 1. The zero-order chi connectivity index (χ0) is 17.1. The van der Waals surface area contributed by atoms with E-state index in [0.717, 1.165) is 5.56 Å². The van der Waals surface area contributed by atoms with Gasteiger partial charge in [0.05, 0.1) is 19.1 Å². The molecule has 0 bridgehead atoms. The Kier molecular flexibility index (Phi) is 4.76. The van der Waals surface area contributed by atoms with E-state index in [0.29, 0.717) is 12.0 Å². The fourth-order valence-electron chi connectivity index (χ4n) is 3.59. The first-order valence-corrected chi connectivity index (χ1v) is 8.07. The van der Waals surface area contributed by atoms with E-state index < -0.39 is 0 Å². The molecular formula is C20H21NO3. The van der Waals surface area contributed by atoms with E-state index in [2.05, 4.69) is 0 Å². The van der Waals surface area contributed by atoms with Gasteiger partial charge in [-0.15, -0.1) is 0 Å². The first kappa shape index (κ1) is 16.4. The number of likely N-dealkylation sites (N-methyl/N-ethyl adjacent to an activating group) is 1. The van der Waals surface area contributed by atoms with Crippen molar-refractivity contribution in [2.75, 3.05) is 14.2 Å². The fourth-order valence-corrected chi connectivity index (χ4v) is 3.59. The predicted molar refractivity (Wildman–Crippen MR) is 91.6 cm³/mol. The van der Waals surface area contributed by atoms with E-state index >= 15 is 0 Å². The smallest absolute Gasteiger partial charge is 0.310 e. The summed E-state index contributed by atoms with van der Waals surface area (Å²) in [6, 6.07) is 18.6. The van der Waals surface area contributed by atoms with Gasteiger partial charge in [-0.3, -0.25) is 14.5 Å². The third kappa shape index (κ3) is 2.97. The minimum Gasteiger partial charge on any atom is -0.469 e. The number of carbonyl (C=O) groups excluding carboxylic acids is 2. The second-order valence-corrected chi connectivity index (χ2v) is 6.13. The lowest BCUT2D eigenvalue weighted by Crippen LogP contribution is -2.34. The molecule has 2 aromatic carbocycles. The quantitative estimate of drug-likeness (QED) is 0.641. The average Bonchev–Trinajstić information content (AvgIpc) is 2.99. The van der Waals surface area contributed by atoms with Crippen LogP contribution in [0.3, 0.4) is 0 Å². The van der Waals surface area contributed by atoms with Gasteiger partial charge < -0.3 is 4.74 Å². The van der Waals surface area contributed by atoms with Gasteiger partial charge in [0.2, 0.25) is 0 Å². The van der Waals surface area contributed by atoms with Crippen molar-refractivity contribution in [1.29, 1.82) is 0 Å². The molecule has 1 saturated heterocycles. The molecular weight excluding hydrogens is 302 g/mol. The number of hydrogen-bond donors (Lipinski definition) is 0. The Morgan fingerprint density at radius 1 is 1.00 bits per heavy atom. The standard InChI is InChI=1S/C20H21NO3/c1-21-17(19(22)15-11-7-4-8-12-15)13-16(20(23)24-2)18(21)14-9-5-3-6-10-14/h3-12,16-18H,13H2,1-2H3. The molecule has 1 heterocycles. The van der Waals surface area contributed by atoms with Gasteiger partial charge >= 0.3 is 5.97 Å². The molecule has 0 radical (unpaired) electrons. The van der Waals surface area contributed by atoms with Crippen LogP contribution in [0, 0.1) is 5.92 Å². The van der Waals surface area contributed by atoms with Crippen LogP contribution in [-0.2, 0) is 9.53 Å². The van der Waals surface area contributed by atoms with Gasteiger partial charge in [0.25, 0.3) is 0 Å². The van der Waals surface area contributed by atoms with Crippen molar-refractivity contribution in [3.63, 3.8) is 0 Å². The predicted octanol–water partition coefficient (Wildman–Crippen LogP) is 3.10. The zero-order valence-electron chi connectivity index (χ0n) is 13.9. The molecule has 3 unspecified atom stereocenters. The van der Waals surface area contributed by atoms with E-state index in [1.165, 1.54) is 7.11 Å². The summed E-state index contributed by atoms with van der Waals surface area (Å²) in [5, 5.41) is 0. The number of Topliss-reactive ketones (excluding diaryl/α,β-unsaturated/α-hetero) is 1. The molecule has 0 N–H and O–H groups in total. The summed E-state index contributed by atoms with van der Waals surface area (Å²) in [6.45, 7) is 0. The second kappa shape index (κ2) is 6.97. The molecule has 24 heavy (non-hydrogen) atoms. The highest BCUT2D eigenvalue weighted by molar-refractivity contribution is 6.00. The molecule has 0 aliphatic carbocycles. The monoisotopic (exact) mass is 323 g/mol. The minimum absolute atomic E-state index is 0.0467. The van der Waals surface area contributed by atoms with Gasteiger partial charge in [-0.2, -0.15) is 0 Å². The number of carbonyl (C=O) groups is 2. The van der Waals surface area contributed by atoms with Gasteiger partial charge in [-0.1, -0.05) is 60.7 Å². The molecule has 3 atom stereocenters. The van der Waals surface area contributed by atoms with Crippen molar-refractivity contribution in [3.05, 3.63) is 71.8 Å². The van der Waals surface area contributed by atoms with Gasteiger partial charge in [0.1, 0.15) is 0 Å². The molecule has 0 spiro atoms. The summed E-state index contributed by atoms with van der Waals surface area (Å²) in [5.41, 5.74) is 1.70. The Bertz CT molecular complexity index is 714. The Balaban J connectivity index is 1.94. The van der Waals surface area contributed by atoms with Crippen LogP contribution >= 0.6 is 0 Å². The molecule has 2 aromatic rings. The summed E-state index contributed by atoms with van der Waals surface area (Å²) >= 11 is 0. The molecule has 0 saturated carbocycles. The maximum atomic E-state index is 12.9. The summed E-state index contributed by atoms with van der Waals surface area (Å²) in [5.74, 6) is -0.565. The number of ether oxygens (including phenoxy) is 1. The van der Waals surface area contributed by atoms with Gasteiger partial charge in [0, 0.05) is 11.6 Å². The zero-order valence-corrected chi connectivity index (χ0v) is 13.9. The van der Waals surface area contributed by atoms with E-state index in [-0.39, 0.29) is 29.8 Å². The largest absolute Gasteiger partial charge is 0.469 e. The molecule has 3 rings (SSSR count). The number of hydrogen-bond acceptors (Lipinski definition) is 4. The Morgan fingerprint density at radius 3 is 2.17 bits per heavy atom. The number of methoxy groups -OCH3 is 1. The highest BCUT2D eigenvalue weighted by Crippen LogP contribution is 2.41. The Morgan fingerprint density at radius 2 is 1.58 bits per heavy atom. The molecule has 1 aliphatic heterocycles. The Hall–Kier alpha value is -2.46. The van der Waals surface area contributed by atoms with Crippen LogP contribution in [0.1, 0.15) is 28.4 Å². The van der Waals surface area contributed by atoms with Gasteiger partial charge in [-0.25, -0.2) is 0 Å². The van der Waals surface area contributed by atoms with Crippen LogP contribution in [0.5, 0.6) is 0 Å². The van der Waals surface area contributed by atoms with Crippen molar-refractivity contribution in [1.82, 2.24) is 4.90 Å². The fraction of sp³-hybridized carbons (Fsp3) is 0.300. The number of esters is 1. The highest BCUT2D eigenvalue weighted by Gasteiger charge is 2.46. The van der Waals surface area contributed by atoms with Crippen LogP contribution in [0.25, 0.3) is 0 Å². The van der Waals surface area contributed by atoms with Crippen LogP contribution in [-0.4, -0.2) is 36.9 Å². The maximum absolute atomic E-state index is 12.9. The number of rotatable bonds is 4. The van der Waals surface area contributed by atoms with Crippen LogP contribution in [0.4, 0.5) is 0 Å². The van der Waals surface area contributed by atoms with E-state index in [1.54, 1.807) is 0 Å². The second-order valence-electron chi connectivity index (χ2n) is 6.13. The molecule has 0 aromatic heterocycles. The van der Waals surface area contributed by atoms with Gasteiger partial charge in [0.15, 0.2) is 5.78 Å². The van der Waals surface area contributed by atoms with E-state index in [1.807, 2.05) is 72.6 Å². The van der Waals surface area contributed by atoms with Crippen LogP contribution in [0.2, 0.25) is 0 Å². The summed E-state index contributed by atoms with van der Waals surface area (Å²) in [6.07, 6.45) is 0.469. The molecule has 4 heteroatoms. The van der Waals surface area contributed by atoms with E-state index in [4.69, 9.17) is 4.74 Å². The third-order valence-corrected chi connectivity index (χ3v) is 4.79. The molecule has 124 valence electrons. The topological polar surface area (TPSA) is 46.6 Å². The van der Waals surface area contributed by atoms with Crippen molar-refractivity contribution >= 4 is 11.8 Å². The average molecular weight is 323 g/mol. The first-order chi connectivity index (χ1) is 11.6. The number of ketones is 1. The van der Waals surface area contributed by atoms with Crippen molar-refractivity contribution in [2.45, 2.75) is 18.5 Å². The maximum Gasteiger partial charge on any atom is 0.310 e. The van der Waals surface area contributed by atoms with Crippen LogP contribution < -0.4 is 0 Å². The highest BCUT2D eigenvalue weighted by atomic mass is 16.5. The molecule has 1 fully saturated rings. The summed E-state index contributed by atoms with van der Waals surface area (Å²) in [4.78, 5) is 27.2. The molecule has 4 nitrogen and oxygen atoms in total. The minimum atomic E-state index is -0.347. The van der Waals surface area contributed by atoms with Crippen molar-refractivity contribution < 1.29 is 14.3 Å². The first-order valence-electron chi connectivity index (χ1n) is 8.07. The lowest BCUT2D eigenvalue weighted by atomic mass is 9.92. The number of likely N-dealkylation sites (tertiary alicyclic amines) is 1. The summed E-state index contributed by atoms with van der Waals surface area (Å²) in [7, 11) is 3.31. The summed E-state index contributed by atoms with van der Waals surface area (Å²) < 4.78 is 4.99. The Labute approximate surface area is 142 Å². The van der Waals surface area contributed by atoms with E-state index in [9.17, 15) is 9.59 Å². The van der Waals surface area contributed by atoms with Gasteiger partial charge in [-0.05, 0) is 19.0 Å². The number of benzene rings is 2. The lowest BCUT2D eigenvalue weighted by Gasteiger charge is -2.26. The molecule has 0 amide bonds. The van der Waals surface area contributed by atoms with Crippen molar-refractivity contribution in [3.8, 4) is 0 Å². The molecule has 1 aliphatic rings. The SMILES string of the molecule is COC(=O)C1CC(C(=O)c2ccccc2)N(C)C1c1ccccc1. The lowest BCUT2D eigenvalue weighted by molar-refractivity contribution is -0.146. The van der Waals surface area contributed by atoms with Crippen molar-refractivity contribution in [2.24, 2.45) is 5.92 Å². The van der Waals surface area contributed by atoms with Crippen LogP contribution in [0.15, 0.2) is 60.7 Å².